The molecule has 0 spiro atoms. The van der Waals surface area contributed by atoms with Crippen molar-refractivity contribution in [1.82, 2.24) is 0 Å². The first-order chi connectivity index (χ1) is 40.5. The highest BCUT2D eigenvalue weighted by Gasteiger charge is 2.60. The van der Waals surface area contributed by atoms with Crippen molar-refractivity contribution in [3.8, 4) is 44.5 Å². The summed E-state index contributed by atoms with van der Waals surface area (Å²) in [5.74, 6) is 0. The molecule has 0 amide bonds. The zero-order valence-corrected chi connectivity index (χ0v) is 48.1. The van der Waals surface area contributed by atoms with Crippen LogP contribution in [-0.4, -0.2) is 6.71 Å². The highest BCUT2D eigenvalue weighted by atomic mass is 15.3. The summed E-state index contributed by atoms with van der Waals surface area (Å²) in [5.41, 5.74) is 31.3. The van der Waals surface area contributed by atoms with E-state index >= 15 is 0 Å². The van der Waals surface area contributed by atoms with Gasteiger partial charge in [0.1, 0.15) is 0 Å². The zero-order valence-electron chi connectivity index (χ0n) is 48.1. The summed E-state index contributed by atoms with van der Waals surface area (Å²) in [6.45, 7) is 12.1. The molecule has 0 fully saturated rings. The zero-order chi connectivity index (χ0) is 55.8. The molecule has 3 aliphatic heterocycles. The molecule has 0 N–H and O–H groups in total. The minimum absolute atomic E-state index is 0.0609. The maximum Gasteiger partial charge on any atom is 0.252 e. The van der Waals surface area contributed by atoms with Crippen LogP contribution in [0, 0.1) is 0 Å². The molecule has 83 heavy (non-hydrogen) atoms. The molecule has 3 heterocycles. The lowest BCUT2D eigenvalue weighted by Crippen LogP contribution is -2.61. The van der Waals surface area contributed by atoms with E-state index in [2.05, 4.69) is 298 Å². The van der Waals surface area contributed by atoms with Gasteiger partial charge in [-0.1, -0.05) is 216 Å². The van der Waals surface area contributed by atoms with Crippen LogP contribution in [-0.2, 0) is 35.6 Å². The third kappa shape index (κ3) is 7.57. The average Bonchev–Trinajstić information content (AvgIpc) is 1.88. The van der Waals surface area contributed by atoms with Crippen molar-refractivity contribution in [2.75, 3.05) is 14.7 Å². The van der Waals surface area contributed by atoms with Gasteiger partial charge in [0.15, 0.2) is 0 Å². The second-order valence-electron chi connectivity index (χ2n) is 25.4. The van der Waals surface area contributed by atoms with Gasteiger partial charge in [0, 0.05) is 50.8 Å². The predicted octanol–water partition coefficient (Wildman–Crippen LogP) is 18.5. The van der Waals surface area contributed by atoms with Crippen LogP contribution in [0.1, 0.15) is 80.8 Å². The molecule has 0 aromatic heterocycles. The quantitative estimate of drug-likeness (QED) is 0.147. The monoisotopic (exact) mass is 1070 g/mol. The van der Waals surface area contributed by atoms with Gasteiger partial charge >= 0.3 is 0 Å². The van der Waals surface area contributed by atoms with Gasteiger partial charge in [0.25, 0.3) is 6.71 Å². The Morgan fingerprint density at radius 3 is 1.57 bits per heavy atom. The molecule has 0 saturated heterocycles. The van der Waals surface area contributed by atoms with Crippen LogP contribution in [0.15, 0.2) is 249 Å². The molecule has 16 rings (SSSR count). The maximum atomic E-state index is 2.79. The number of fused-ring (bicyclic) bond motifs is 10. The molecule has 0 radical (unpaired) electrons. The summed E-state index contributed by atoms with van der Waals surface area (Å²) in [5, 5.41) is 0. The van der Waals surface area contributed by atoms with Gasteiger partial charge in [0.2, 0.25) is 0 Å². The number of nitrogens with zero attached hydrogens (tertiary/aromatic N) is 3. The van der Waals surface area contributed by atoms with Gasteiger partial charge in [-0.05, 0) is 194 Å². The maximum absolute atomic E-state index is 2.79. The van der Waals surface area contributed by atoms with Gasteiger partial charge in [-0.3, -0.25) is 0 Å². The number of anilines is 8. The van der Waals surface area contributed by atoms with E-state index in [4.69, 9.17) is 0 Å². The fourth-order valence-electron chi connectivity index (χ4n) is 15.5. The third-order valence-corrected chi connectivity index (χ3v) is 19.9. The average molecular weight is 1070 g/mol. The Morgan fingerprint density at radius 2 is 0.904 bits per heavy atom. The molecule has 5 aliphatic rings. The summed E-state index contributed by atoms with van der Waals surface area (Å²) < 4.78 is 0. The van der Waals surface area contributed by atoms with Gasteiger partial charge in [-0.15, -0.1) is 0 Å². The lowest BCUT2D eigenvalue weighted by atomic mass is 9.33. The molecule has 4 heteroatoms. The van der Waals surface area contributed by atoms with E-state index in [0.717, 1.165) is 31.4 Å². The Labute approximate surface area is 490 Å². The van der Waals surface area contributed by atoms with Crippen molar-refractivity contribution < 1.29 is 0 Å². The molecular weight excluding hydrogens is 1000 g/mol. The number of rotatable bonds is 7. The summed E-state index contributed by atoms with van der Waals surface area (Å²) in [4.78, 5) is 8.14. The van der Waals surface area contributed by atoms with Crippen molar-refractivity contribution in [3.05, 3.63) is 282 Å². The van der Waals surface area contributed by atoms with Crippen molar-refractivity contribution in [1.29, 1.82) is 0 Å². The Morgan fingerprint density at radius 1 is 0.373 bits per heavy atom. The topological polar surface area (TPSA) is 9.72 Å². The predicted molar refractivity (Wildman–Crippen MR) is 351 cm³/mol. The largest absolute Gasteiger partial charge is 0.330 e. The molecule has 2 aliphatic carbocycles. The molecule has 2 atom stereocenters. The third-order valence-electron chi connectivity index (χ3n) is 19.9. The number of hydrogen-bond acceptors (Lipinski definition) is 3. The van der Waals surface area contributed by atoms with Crippen molar-refractivity contribution >= 4 is 68.6 Å². The Hall–Kier alpha value is -9.12. The minimum Gasteiger partial charge on any atom is -0.330 e. The van der Waals surface area contributed by atoms with Crippen LogP contribution in [0.2, 0.25) is 0 Å². The van der Waals surface area contributed by atoms with Crippen molar-refractivity contribution in [2.45, 2.75) is 83.1 Å². The fourth-order valence-corrected chi connectivity index (χ4v) is 15.5. The molecule has 0 saturated carbocycles. The standard InChI is InChI=1S/C79H66BN3/c1-77(2,3)62-37-42-70(65(49-62)56-27-16-9-17-28-56)82-73-48-59-31-20-30-58(59)46-69(73)80-68-47-61(54-25-14-8-15-26-54)36-41-72(68)81(63-38-33-55(34-39-63)52-21-10-6-11-22-52)74-50-64(51-75(82)76(74)80)83-71-40-35-60(53-23-12-7-13-24-53)45-67(71)78(4)44-43-57-29-18-19-32-66(57)79(78,83)5/h6-19,21-29,32-42,45-51H,20,30-31,43-44H2,1-5H3. The Kier molecular flexibility index (Phi) is 11.2. The summed E-state index contributed by atoms with van der Waals surface area (Å²) in [6.07, 6.45) is 5.41. The number of benzene rings is 11. The Balaban J connectivity index is 1.04. The molecule has 3 nitrogen and oxygen atoms in total. The van der Waals surface area contributed by atoms with Crippen LogP contribution in [0.25, 0.3) is 44.5 Å². The van der Waals surface area contributed by atoms with E-state index in [0.29, 0.717) is 0 Å². The molecular formula is C79H66BN3. The van der Waals surface area contributed by atoms with Gasteiger partial charge < -0.3 is 14.7 Å². The first-order valence-corrected chi connectivity index (χ1v) is 30.1. The Bertz CT molecular complexity index is 4370. The van der Waals surface area contributed by atoms with Crippen molar-refractivity contribution in [3.63, 3.8) is 0 Å². The smallest absolute Gasteiger partial charge is 0.252 e. The highest BCUT2D eigenvalue weighted by Crippen LogP contribution is 2.65. The van der Waals surface area contributed by atoms with Crippen LogP contribution in [0.4, 0.5) is 45.5 Å². The number of aryl methyl sites for hydroxylation is 3. The fraction of sp³-hybridized carbons (Fsp3) is 0.165. The summed E-state index contributed by atoms with van der Waals surface area (Å²) in [6, 6.07) is 95.3. The molecule has 0 bridgehead atoms. The van der Waals surface area contributed by atoms with E-state index < -0.39 is 5.54 Å². The number of hydrogen-bond donors (Lipinski definition) is 0. The van der Waals surface area contributed by atoms with Crippen molar-refractivity contribution in [2.24, 2.45) is 0 Å². The van der Waals surface area contributed by atoms with E-state index in [1.165, 1.54) is 141 Å². The minimum atomic E-state index is -0.457. The normalized spacial score (nSPS) is 17.9. The lowest BCUT2D eigenvalue weighted by molar-refractivity contribution is 0.245. The van der Waals surface area contributed by atoms with Crippen LogP contribution in [0.3, 0.4) is 0 Å². The van der Waals surface area contributed by atoms with E-state index in [-0.39, 0.29) is 17.5 Å². The van der Waals surface area contributed by atoms with E-state index in [1.807, 2.05) is 0 Å². The van der Waals surface area contributed by atoms with E-state index in [1.54, 1.807) is 0 Å². The molecule has 11 aromatic rings. The van der Waals surface area contributed by atoms with Gasteiger partial charge in [-0.25, -0.2) is 0 Å². The second-order valence-corrected chi connectivity index (χ2v) is 25.4. The highest BCUT2D eigenvalue weighted by molar-refractivity contribution is 7.00. The molecule has 11 aromatic carbocycles. The summed E-state index contributed by atoms with van der Waals surface area (Å²) in [7, 11) is 0. The van der Waals surface area contributed by atoms with Gasteiger partial charge in [-0.2, -0.15) is 0 Å². The van der Waals surface area contributed by atoms with Gasteiger partial charge in [0.05, 0.1) is 11.2 Å². The van der Waals surface area contributed by atoms with Crippen LogP contribution >= 0.6 is 0 Å². The lowest BCUT2D eigenvalue weighted by Gasteiger charge is -2.52. The van der Waals surface area contributed by atoms with E-state index in [9.17, 15) is 0 Å². The van der Waals surface area contributed by atoms with Crippen LogP contribution < -0.4 is 31.1 Å². The SMILES string of the molecule is CC(C)(C)c1ccc(N2c3cc4c(cc3B3c5cc(-c6ccccc6)ccc5N(c5ccc(-c6ccccc6)cc5)c5cc(N6c7ccc(-c8ccccc8)cc7C7(C)CCc8ccccc8C67C)cc2c53)CCC4)c(-c2ccccc2)c1. The first kappa shape index (κ1) is 49.7. The van der Waals surface area contributed by atoms with Crippen LogP contribution in [0.5, 0.6) is 0 Å². The summed E-state index contributed by atoms with van der Waals surface area (Å²) >= 11 is 0. The first-order valence-electron chi connectivity index (χ1n) is 30.1. The second kappa shape index (κ2) is 18.7. The molecule has 400 valence electrons. The molecule has 2 unspecified atom stereocenters.